The van der Waals surface area contributed by atoms with Gasteiger partial charge in [0.15, 0.2) is 6.17 Å². The lowest BCUT2D eigenvalue weighted by Gasteiger charge is -2.49. The molecule has 0 spiro atoms. The van der Waals surface area contributed by atoms with Crippen LogP contribution in [-0.4, -0.2) is 28.3 Å². The van der Waals surface area contributed by atoms with Crippen LogP contribution in [0.2, 0.25) is 0 Å². The fourth-order valence-electron chi connectivity index (χ4n) is 1.52. The molecule has 3 nitrogen and oxygen atoms in total. The Hall–Kier alpha value is 0.460. The summed E-state index contributed by atoms with van der Waals surface area (Å²) in [4.78, 5) is 0. The van der Waals surface area contributed by atoms with E-state index in [1.54, 1.807) is 0 Å². The monoisotopic (exact) mass is 228 g/mol. The quantitative estimate of drug-likeness (QED) is 0.453. The van der Waals surface area contributed by atoms with Crippen LogP contribution in [0, 0.1) is 0 Å². The molecule has 1 fully saturated rings. The summed E-state index contributed by atoms with van der Waals surface area (Å²) < 4.78 is 0. The van der Waals surface area contributed by atoms with Crippen LogP contribution in [0.25, 0.3) is 0 Å². The summed E-state index contributed by atoms with van der Waals surface area (Å²) in [5.74, 6) is 0. The number of rotatable bonds is 1. The van der Waals surface area contributed by atoms with Gasteiger partial charge in [-0.3, -0.25) is 0 Å². The molecule has 1 rings (SSSR count). The standard InChI is InChI=1S/C8H19N3.2ClH/c1-6-10-7(2)11(9-10)8(3,4)5;;/h7,9H,6H2,1-5H3;2*1H/p-1. The molecule has 1 aliphatic heterocycles. The highest BCUT2D eigenvalue weighted by atomic mass is 35.5. The first-order valence-electron chi connectivity index (χ1n) is 4.36. The first kappa shape index (κ1) is 15.9. The molecule has 1 aliphatic rings. The van der Waals surface area contributed by atoms with Gasteiger partial charge in [-0.15, -0.1) is 10.0 Å². The number of quaternary nitrogens is 1. The summed E-state index contributed by atoms with van der Waals surface area (Å²) in [6.45, 7) is 12.3. The van der Waals surface area contributed by atoms with Crippen LogP contribution in [0.4, 0.5) is 0 Å². The molecule has 0 amide bonds. The minimum absolute atomic E-state index is 0. The lowest BCUT2D eigenvalue weighted by atomic mass is 10.1. The highest BCUT2D eigenvalue weighted by Crippen LogP contribution is 2.16. The first-order chi connectivity index (χ1) is 4.96. The fourth-order valence-corrected chi connectivity index (χ4v) is 1.52. The number of hydrogen-bond donors (Lipinski definition) is 1. The normalized spacial score (nSPS) is 24.2. The van der Waals surface area contributed by atoms with E-state index >= 15 is 0 Å². The van der Waals surface area contributed by atoms with E-state index in [0.717, 1.165) is 6.54 Å². The second-order valence-corrected chi connectivity index (χ2v) is 4.16. The Morgan fingerprint density at radius 2 is 1.69 bits per heavy atom. The van der Waals surface area contributed by atoms with Crippen LogP contribution in [0.15, 0.2) is 0 Å². The summed E-state index contributed by atoms with van der Waals surface area (Å²) in [7, 11) is 0. The second kappa shape index (κ2) is 5.37. The molecule has 0 aliphatic carbocycles. The Bertz CT molecular complexity index is 147. The molecule has 82 valence electrons. The Balaban J connectivity index is 0. The summed E-state index contributed by atoms with van der Waals surface area (Å²) in [6, 6.07) is 0. The van der Waals surface area contributed by atoms with Crippen molar-refractivity contribution in [2.75, 3.05) is 6.54 Å². The van der Waals surface area contributed by atoms with Crippen molar-refractivity contribution in [3.05, 3.63) is 0 Å². The van der Waals surface area contributed by atoms with Crippen molar-refractivity contribution in [2.24, 2.45) is 0 Å². The molecule has 5 heteroatoms. The van der Waals surface area contributed by atoms with Crippen molar-refractivity contribution >= 4 is 0 Å². The predicted octanol–water partition coefficient (Wildman–Crippen LogP) is -5.83. The Morgan fingerprint density at radius 3 is 1.92 bits per heavy atom. The third kappa shape index (κ3) is 3.26. The first-order valence-corrected chi connectivity index (χ1v) is 4.36. The lowest BCUT2D eigenvalue weighted by molar-refractivity contribution is -1.02. The third-order valence-corrected chi connectivity index (χ3v) is 2.29. The average Bonchev–Trinajstić information content (AvgIpc) is 1.83. The minimum atomic E-state index is 0. The zero-order valence-electron chi connectivity index (χ0n) is 9.01. The summed E-state index contributed by atoms with van der Waals surface area (Å²) in [5.41, 5.74) is 2.50. The van der Waals surface area contributed by atoms with E-state index in [1.807, 2.05) is 0 Å². The van der Waals surface area contributed by atoms with Gasteiger partial charge in [-0.05, 0) is 34.6 Å². The molecule has 0 saturated carbocycles. The average molecular weight is 229 g/mol. The molecule has 0 aromatic rings. The molecular formula is C8H20Cl2N3-. The van der Waals surface area contributed by atoms with E-state index in [0.29, 0.717) is 6.17 Å². The summed E-state index contributed by atoms with van der Waals surface area (Å²) >= 11 is 0. The van der Waals surface area contributed by atoms with E-state index in [1.165, 1.54) is 0 Å². The zero-order valence-corrected chi connectivity index (χ0v) is 10.5. The molecule has 1 saturated heterocycles. The largest absolute Gasteiger partial charge is 1.00 e. The van der Waals surface area contributed by atoms with E-state index in [-0.39, 0.29) is 30.4 Å². The molecule has 1 atom stereocenters. The number of nitrogens with zero attached hydrogens (tertiary/aromatic N) is 2. The number of hydrogen-bond acceptors (Lipinski definition) is 2. The Labute approximate surface area is 93.6 Å². The maximum absolute atomic E-state index is 2.39. The molecule has 0 radical (unpaired) electrons. The maximum Gasteiger partial charge on any atom is 0.158 e. The SMILES string of the molecule is CCN1[NH2+]N(C(C)(C)C)C1C.[Cl-].[Cl-]. The lowest BCUT2D eigenvalue weighted by Crippen LogP contribution is -3.16. The minimum Gasteiger partial charge on any atom is -1.00 e. The van der Waals surface area contributed by atoms with Crippen LogP contribution in [0.5, 0.6) is 0 Å². The van der Waals surface area contributed by atoms with Gasteiger partial charge in [0.1, 0.15) is 0 Å². The van der Waals surface area contributed by atoms with Crippen molar-refractivity contribution in [2.45, 2.75) is 46.3 Å². The van der Waals surface area contributed by atoms with E-state index in [9.17, 15) is 0 Å². The molecule has 2 N–H and O–H groups in total. The molecule has 1 unspecified atom stereocenters. The molecule has 0 aromatic heterocycles. The van der Waals surface area contributed by atoms with Crippen molar-refractivity contribution in [3.8, 4) is 0 Å². The smallest absolute Gasteiger partial charge is 0.158 e. The van der Waals surface area contributed by atoms with Crippen molar-refractivity contribution < 1.29 is 30.3 Å². The zero-order chi connectivity index (χ0) is 8.65. The second-order valence-electron chi connectivity index (χ2n) is 4.16. The van der Waals surface area contributed by atoms with Gasteiger partial charge in [0.25, 0.3) is 0 Å². The van der Waals surface area contributed by atoms with Crippen LogP contribution < -0.4 is 30.3 Å². The fraction of sp³-hybridized carbons (Fsp3) is 1.00. The van der Waals surface area contributed by atoms with Crippen LogP contribution >= 0.6 is 0 Å². The van der Waals surface area contributed by atoms with Crippen LogP contribution in [-0.2, 0) is 0 Å². The molecular weight excluding hydrogens is 209 g/mol. The summed E-state index contributed by atoms with van der Waals surface area (Å²) in [6.07, 6.45) is 0.583. The Morgan fingerprint density at radius 1 is 1.23 bits per heavy atom. The van der Waals surface area contributed by atoms with Gasteiger partial charge >= 0.3 is 0 Å². The third-order valence-electron chi connectivity index (χ3n) is 2.29. The van der Waals surface area contributed by atoms with Crippen LogP contribution in [0.1, 0.15) is 34.6 Å². The van der Waals surface area contributed by atoms with E-state index in [4.69, 9.17) is 0 Å². The molecule has 0 bridgehead atoms. The molecule has 13 heavy (non-hydrogen) atoms. The predicted molar refractivity (Wildman–Crippen MR) is 45.4 cm³/mol. The highest BCUT2D eigenvalue weighted by Gasteiger charge is 2.43. The highest BCUT2D eigenvalue weighted by molar-refractivity contribution is 4.74. The van der Waals surface area contributed by atoms with Crippen molar-refractivity contribution in [1.29, 1.82) is 0 Å². The summed E-state index contributed by atoms with van der Waals surface area (Å²) in [5, 5.41) is 4.72. The number of nitrogens with two attached hydrogens (primary N) is 1. The van der Waals surface area contributed by atoms with Gasteiger partial charge < -0.3 is 24.8 Å². The number of halogens is 2. The van der Waals surface area contributed by atoms with Gasteiger partial charge in [-0.1, -0.05) is 0 Å². The van der Waals surface area contributed by atoms with Gasteiger partial charge in [-0.2, -0.15) is 5.53 Å². The Kier molecular flexibility index (Phi) is 6.57. The van der Waals surface area contributed by atoms with E-state index < -0.39 is 0 Å². The molecule has 1 heterocycles. The van der Waals surface area contributed by atoms with E-state index in [2.05, 4.69) is 50.2 Å². The van der Waals surface area contributed by atoms with Crippen molar-refractivity contribution in [1.82, 2.24) is 10.0 Å². The van der Waals surface area contributed by atoms with Gasteiger partial charge in [0, 0.05) is 6.54 Å². The maximum atomic E-state index is 2.39. The van der Waals surface area contributed by atoms with Crippen molar-refractivity contribution in [3.63, 3.8) is 0 Å². The topological polar surface area (TPSA) is 23.1 Å². The van der Waals surface area contributed by atoms with Gasteiger partial charge in [0.2, 0.25) is 0 Å². The van der Waals surface area contributed by atoms with Crippen LogP contribution in [0.3, 0.4) is 0 Å². The van der Waals surface area contributed by atoms with Gasteiger partial charge in [-0.25, -0.2) is 0 Å². The van der Waals surface area contributed by atoms with Gasteiger partial charge in [0.05, 0.1) is 5.54 Å². The molecule has 0 aromatic carbocycles.